The van der Waals surface area contributed by atoms with Crippen molar-refractivity contribution >= 4 is 21.4 Å². The van der Waals surface area contributed by atoms with Gasteiger partial charge in [0.2, 0.25) is 10.0 Å². The van der Waals surface area contributed by atoms with Crippen molar-refractivity contribution in [2.45, 2.75) is 11.4 Å². The number of rotatable bonds is 6. The van der Waals surface area contributed by atoms with Gasteiger partial charge >= 0.3 is 0 Å². The molecule has 0 bridgehead atoms. The quantitative estimate of drug-likeness (QED) is 0.799. The Morgan fingerprint density at radius 1 is 1.29 bits per heavy atom. The fourth-order valence-corrected chi connectivity index (χ4v) is 5.11. The van der Waals surface area contributed by atoms with E-state index in [0.29, 0.717) is 18.0 Å². The number of hydrogen-bond donors (Lipinski definition) is 1. The van der Waals surface area contributed by atoms with Gasteiger partial charge in [-0.05, 0) is 25.5 Å². The van der Waals surface area contributed by atoms with E-state index in [2.05, 4.69) is 9.80 Å². The van der Waals surface area contributed by atoms with Crippen molar-refractivity contribution in [2.24, 2.45) is 5.73 Å². The minimum absolute atomic E-state index is 0.273. The molecule has 2 N–H and O–H groups in total. The first-order chi connectivity index (χ1) is 9.95. The van der Waals surface area contributed by atoms with Gasteiger partial charge in [0.25, 0.3) is 0 Å². The minimum Gasteiger partial charge on any atom is -0.326 e. The van der Waals surface area contributed by atoms with Gasteiger partial charge in [-0.2, -0.15) is 4.31 Å². The van der Waals surface area contributed by atoms with E-state index < -0.39 is 10.0 Å². The Bertz CT molecular complexity index is 548. The van der Waals surface area contributed by atoms with Gasteiger partial charge in [-0.25, -0.2) is 8.42 Å². The molecule has 1 aliphatic heterocycles. The smallest absolute Gasteiger partial charge is 0.244 e. The van der Waals surface area contributed by atoms with Crippen LogP contribution in [0.5, 0.6) is 0 Å². The Balaban J connectivity index is 1.98. The molecule has 8 heteroatoms. The number of sulfonamides is 1. The fourth-order valence-electron chi connectivity index (χ4n) is 2.38. The molecule has 1 fully saturated rings. The summed E-state index contributed by atoms with van der Waals surface area (Å²) >= 11 is 1.41. The molecule has 0 spiro atoms. The van der Waals surface area contributed by atoms with Crippen LogP contribution in [0.4, 0.5) is 0 Å². The minimum atomic E-state index is -3.39. The highest BCUT2D eigenvalue weighted by atomic mass is 32.2. The molecule has 2 heterocycles. The van der Waals surface area contributed by atoms with Crippen molar-refractivity contribution in [3.05, 3.63) is 16.3 Å². The molecule has 0 unspecified atom stereocenters. The van der Waals surface area contributed by atoms with E-state index in [9.17, 15) is 8.42 Å². The predicted octanol–water partition coefficient (Wildman–Crippen LogP) is 0.0747. The highest BCUT2D eigenvalue weighted by Crippen LogP contribution is 2.25. The monoisotopic (exact) mass is 332 g/mol. The van der Waals surface area contributed by atoms with Gasteiger partial charge in [0, 0.05) is 50.7 Å². The van der Waals surface area contributed by atoms with Crippen molar-refractivity contribution in [1.82, 2.24) is 14.1 Å². The molecule has 0 atom stereocenters. The maximum Gasteiger partial charge on any atom is 0.244 e. The Hall–Kier alpha value is -0.510. The average molecular weight is 332 g/mol. The molecular weight excluding hydrogens is 308 g/mol. The molecule has 2 rings (SSSR count). The number of nitrogens with zero attached hydrogens (tertiary/aromatic N) is 3. The van der Waals surface area contributed by atoms with Crippen LogP contribution in [0.15, 0.2) is 16.3 Å². The lowest BCUT2D eigenvalue weighted by molar-refractivity contribution is 0.174. The van der Waals surface area contributed by atoms with E-state index in [1.807, 2.05) is 14.1 Å². The second kappa shape index (κ2) is 7.17. The summed E-state index contributed by atoms with van der Waals surface area (Å²) in [6.45, 7) is 4.92. The summed E-state index contributed by atoms with van der Waals surface area (Å²) in [5.41, 5.74) is 5.63. The van der Waals surface area contributed by atoms with Crippen LogP contribution >= 0.6 is 11.3 Å². The molecule has 0 aromatic carbocycles. The topological polar surface area (TPSA) is 69.9 Å². The molecule has 0 saturated carbocycles. The predicted molar refractivity (Wildman–Crippen MR) is 86.0 cm³/mol. The average Bonchev–Trinajstić information content (AvgIpc) is 2.94. The highest BCUT2D eigenvalue weighted by Gasteiger charge is 2.30. The van der Waals surface area contributed by atoms with Crippen LogP contribution in [-0.4, -0.2) is 75.9 Å². The van der Waals surface area contributed by atoms with Gasteiger partial charge in [0.05, 0.1) is 4.90 Å². The summed E-state index contributed by atoms with van der Waals surface area (Å²) in [5.74, 6) is 0. The number of likely N-dealkylation sites (N-methyl/N-ethyl adjacent to an activating group) is 1. The lowest BCUT2D eigenvalue weighted by Gasteiger charge is -2.34. The van der Waals surface area contributed by atoms with Crippen molar-refractivity contribution < 1.29 is 8.42 Å². The largest absolute Gasteiger partial charge is 0.326 e. The van der Waals surface area contributed by atoms with Crippen LogP contribution in [0.2, 0.25) is 0 Å². The Morgan fingerprint density at radius 3 is 2.52 bits per heavy atom. The summed E-state index contributed by atoms with van der Waals surface area (Å²) in [6, 6.07) is 1.67. The van der Waals surface area contributed by atoms with Gasteiger partial charge < -0.3 is 10.6 Å². The number of hydrogen-bond acceptors (Lipinski definition) is 6. The maximum atomic E-state index is 12.7. The lowest BCUT2D eigenvalue weighted by atomic mass is 10.3. The molecule has 21 heavy (non-hydrogen) atoms. The van der Waals surface area contributed by atoms with Crippen LogP contribution < -0.4 is 5.73 Å². The molecule has 0 radical (unpaired) electrons. The van der Waals surface area contributed by atoms with E-state index in [-0.39, 0.29) is 6.54 Å². The van der Waals surface area contributed by atoms with Gasteiger partial charge in [0.1, 0.15) is 0 Å². The van der Waals surface area contributed by atoms with Gasteiger partial charge in [-0.15, -0.1) is 11.3 Å². The van der Waals surface area contributed by atoms with Crippen LogP contribution in [0.3, 0.4) is 0 Å². The molecule has 6 nitrogen and oxygen atoms in total. The van der Waals surface area contributed by atoms with E-state index >= 15 is 0 Å². The molecule has 120 valence electrons. The van der Waals surface area contributed by atoms with Gasteiger partial charge in [-0.1, -0.05) is 0 Å². The van der Waals surface area contributed by atoms with E-state index in [1.54, 1.807) is 15.8 Å². The SMILES string of the molecule is CN(C)CCN1CCN(S(=O)(=O)c2ccsc2CN)CC1. The van der Waals surface area contributed by atoms with Crippen molar-refractivity contribution in [1.29, 1.82) is 0 Å². The molecule has 1 saturated heterocycles. The summed E-state index contributed by atoms with van der Waals surface area (Å²) in [7, 11) is 0.705. The van der Waals surface area contributed by atoms with E-state index in [0.717, 1.165) is 31.1 Å². The first-order valence-corrected chi connectivity index (χ1v) is 9.41. The number of nitrogens with two attached hydrogens (primary N) is 1. The zero-order chi connectivity index (χ0) is 15.5. The van der Waals surface area contributed by atoms with Crippen molar-refractivity contribution in [3.63, 3.8) is 0 Å². The van der Waals surface area contributed by atoms with E-state index in [1.165, 1.54) is 11.3 Å². The second-order valence-electron chi connectivity index (χ2n) is 5.46. The van der Waals surface area contributed by atoms with Crippen molar-refractivity contribution in [3.8, 4) is 0 Å². The second-order valence-corrected chi connectivity index (χ2v) is 8.37. The first-order valence-electron chi connectivity index (χ1n) is 7.09. The van der Waals surface area contributed by atoms with Crippen LogP contribution in [-0.2, 0) is 16.6 Å². The molecule has 1 aromatic heterocycles. The summed E-state index contributed by atoms with van der Waals surface area (Å²) in [4.78, 5) is 5.58. The van der Waals surface area contributed by atoms with Gasteiger partial charge in [0.15, 0.2) is 0 Å². The summed E-state index contributed by atoms with van der Waals surface area (Å²) in [6.07, 6.45) is 0. The van der Waals surface area contributed by atoms with Crippen LogP contribution in [0.1, 0.15) is 4.88 Å². The van der Waals surface area contributed by atoms with E-state index in [4.69, 9.17) is 5.73 Å². The first kappa shape index (κ1) is 16.9. The summed E-state index contributed by atoms with van der Waals surface area (Å²) < 4.78 is 26.9. The third kappa shape index (κ3) is 4.02. The fraction of sp³-hybridized carbons (Fsp3) is 0.692. The maximum absolute atomic E-state index is 12.7. The van der Waals surface area contributed by atoms with Gasteiger partial charge in [-0.3, -0.25) is 4.90 Å². The third-order valence-corrected chi connectivity index (χ3v) is 6.76. The standard InChI is InChI=1S/C13H24N4O2S2/c1-15(2)4-5-16-6-8-17(9-7-16)21(18,19)13-3-10-20-12(13)11-14/h3,10H,4-9,11,14H2,1-2H3. The number of thiophene rings is 1. The molecular formula is C13H24N4O2S2. The summed E-state index contributed by atoms with van der Waals surface area (Å²) in [5, 5.41) is 1.79. The van der Waals surface area contributed by atoms with Crippen molar-refractivity contribution in [2.75, 3.05) is 53.4 Å². The van der Waals surface area contributed by atoms with Crippen LogP contribution in [0, 0.1) is 0 Å². The van der Waals surface area contributed by atoms with Crippen LogP contribution in [0.25, 0.3) is 0 Å². The molecule has 1 aromatic rings. The lowest BCUT2D eigenvalue weighted by Crippen LogP contribution is -2.49. The Kier molecular flexibility index (Phi) is 5.75. The Labute approximate surface area is 131 Å². The zero-order valence-corrected chi connectivity index (χ0v) is 14.3. The molecule has 0 amide bonds. The Morgan fingerprint density at radius 2 is 1.95 bits per heavy atom. The molecule has 1 aliphatic rings. The third-order valence-electron chi connectivity index (χ3n) is 3.70. The zero-order valence-electron chi connectivity index (χ0n) is 12.7. The highest BCUT2D eigenvalue weighted by molar-refractivity contribution is 7.89. The number of piperazine rings is 1. The molecule has 0 aliphatic carbocycles. The normalized spacial score (nSPS) is 18.5.